The van der Waals surface area contributed by atoms with Crippen molar-refractivity contribution in [2.75, 3.05) is 11.9 Å². The first-order chi connectivity index (χ1) is 17.4. The van der Waals surface area contributed by atoms with Gasteiger partial charge in [0.2, 0.25) is 0 Å². The zero-order valence-electron chi connectivity index (χ0n) is 20.7. The van der Waals surface area contributed by atoms with E-state index in [0.29, 0.717) is 33.1 Å². The molecule has 0 aliphatic carbocycles. The van der Waals surface area contributed by atoms with Gasteiger partial charge in [0.1, 0.15) is 17.2 Å². The van der Waals surface area contributed by atoms with E-state index in [1.54, 1.807) is 40.1 Å². The van der Waals surface area contributed by atoms with Gasteiger partial charge >= 0.3 is 5.97 Å². The summed E-state index contributed by atoms with van der Waals surface area (Å²) in [6.45, 7) is 6.25. The summed E-state index contributed by atoms with van der Waals surface area (Å²) in [5, 5.41) is 23.4. The highest BCUT2D eigenvalue weighted by molar-refractivity contribution is 6.35. The first-order valence-corrected chi connectivity index (χ1v) is 11.9. The van der Waals surface area contributed by atoms with Gasteiger partial charge < -0.3 is 20.3 Å². The Morgan fingerprint density at radius 3 is 2.51 bits per heavy atom. The number of ether oxygens (including phenoxy) is 1. The van der Waals surface area contributed by atoms with Crippen LogP contribution in [0.1, 0.15) is 43.9 Å². The molecule has 0 amide bonds. The van der Waals surface area contributed by atoms with Crippen LogP contribution >= 0.6 is 11.6 Å². The minimum atomic E-state index is -1.16. The van der Waals surface area contributed by atoms with Crippen molar-refractivity contribution in [2.24, 2.45) is 0 Å². The molecule has 2 aromatic heterocycles. The van der Waals surface area contributed by atoms with Gasteiger partial charge in [-0.3, -0.25) is 4.98 Å². The largest absolute Gasteiger partial charge is 0.482 e. The fraction of sp³-hybridized carbons (Fsp3) is 0.259. The van der Waals surface area contributed by atoms with Crippen LogP contribution in [0.4, 0.5) is 10.1 Å². The highest BCUT2D eigenvalue weighted by atomic mass is 35.5. The number of anilines is 1. The van der Waals surface area contributed by atoms with Crippen LogP contribution in [0.15, 0.2) is 48.8 Å². The standard InChI is InChI=1S/C27H26ClFN4O4/c1-14(19-10-18(6-7-21(19)29)37-13-23(34)35)33-25-20-9-16(5-8-22(20)32-15(2)24(25)28)17-11-30-26(31-12-17)27(3,4)36/h5-12,14,36H,13H2,1-4H3,(H,32,33)(H,34,35). The van der Waals surface area contributed by atoms with Gasteiger partial charge in [0.05, 0.1) is 28.0 Å². The van der Waals surface area contributed by atoms with Gasteiger partial charge in [0.15, 0.2) is 12.4 Å². The predicted molar refractivity (Wildman–Crippen MR) is 139 cm³/mol. The molecule has 37 heavy (non-hydrogen) atoms. The minimum absolute atomic E-state index is 0.242. The molecule has 2 heterocycles. The van der Waals surface area contributed by atoms with Gasteiger partial charge in [0.25, 0.3) is 0 Å². The smallest absolute Gasteiger partial charge is 0.341 e. The number of rotatable bonds is 8. The molecule has 0 saturated carbocycles. The average molecular weight is 525 g/mol. The van der Waals surface area contributed by atoms with Crippen LogP contribution in [0.2, 0.25) is 5.02 Å². The summed E-state index contributed by atoms with van der Waals surface area (Å²) < 4.78 is 19.9. The summed E-state index contributed by atoms with van der Waals surface area (Å²) in [5.74, 6) is -1.05. The van der Waals surface area contributed by atoms with Crippen molar-refractivity contribution in [1.29, 1.82) is 0 Å². The van der Waals surface area contributed by atoms with Crippen LogP contribution in [-0.4, -0.2) is 37.7 Å². The minimum Gasteiger partial charge on any atom is -0.482 e. The molecular weight excluding hydrogens is 499 g/mol. The Bertz CT molecular complexity index is 1470. The van der Waals surface area contributed by atoms with Crippen LogP contribution in [-0.2, 0) is 10.4 Å². The number of aromatic nitrogens is 3. The first kappa shape index (κ1) is 26.2. The lowest BCUT2D eigenvalue weighted by molar-refractivity contribution is -0.139. The van der Waals surface area contributed by atoms with Crippen LogP contribution in [0.25, 0.3) is 22.0 Å². The van der Waals surface area contributed by atoms with E-state index < -0.39 is 30.0 Å². The summed E-state index contributed by atoms with van der Waals surface area (Å²) in [6, 6.07) is 9.17. The van der Waals surface area contributed by atoms with E-state index in [-0.39, 0.29) is 11.3 Å². The second kappa shape index (κ2) is 10.3. The van der Waals surface area contributed by atoms with Crippen molar-refractivity contribution in [1.82, 2.24) is 15.0 Å². The number of hydrogen-bond acceptors (Lipinski definition) is 7. The van der Waals surface area contributed by atoms with E-state index in [0.717, 1.165) is 11.1 Å². The molecule has 0 aliphatic rings. The van der Waals surface area contributed by atoms with Crippen LogP contribution in [0, 0.1) is 12.7 Å². The van der Waals surface area contributed by atoms with E-state index >= 15 is 0 Å². The summed E-state index contributed by atoms with van der Waals surface area (Å²) in [7, 11) is 0. The molecule has 3 N–H and O–H groups in total. The zero-order valence-corrected chi connectivity index (χ0v) is 21.5. The predicted octanol–water partition coefficient (Wildman–Crippen LogP) is 5.66. The number of benzene rings is 2. The SMILES string of the molecule is Cc1nc2ccc(-c3cnc(C(C)(C)O)nc3)cc2c(NC(C)c2cc(OCC(=O)O)ccc2F)c1Cl. The Balaban J connectivity index is 1.72. The Kier molecular flexibility index (Phi) is 7.29. The Morgan fingerprint density at radius 2 is 1.86 bits per heavy atom. The number of fused-ring (bicyclic) bond motifs is 1. The van der Waals surface area contributed by atoms with E-state index in [1.807, 2.05) is 18.2 Å². The zero-order chi connectivity index (χ0) is 26.9. The Hall–Kier alpha value is -3.82. The van der Waals surface area contributed by atoms with Gasteiger partial charge in [-0.05, 0) is 63.6 Å². The normalized spacial score (nSPS) is 12.4. The number of hydrogen-bond donors (Lipinski definition) is 3. The number of halogens is 2. The Morgan fingerprint density at radius 1 is 1.16 bits per heavy atom. The number of pyridine rings is 1. The van der Waals surface area contributed by atoms with Crippen molar-refractivity contribution in [3.63, 3.8) is 0 Å². The highest BCUT2D eigenvalue weighted by Gasteiger charge is 2.20. The molecule has 2 aromatic carbocycles. The van der Waals surface area contributed by atoms with Gasteiger partial charge in [0, 0.05) is 28.9 Å². The molecule has 192 valence electrons. The molecule has 4 rings (SSSR count). The summed E-state index contributed by atoms with van der Waals surface area (Å²) >= 11 is 6.67. The molecule has 1 atom stereocenters. The fourth-order valence-electron chi connectivity index (χ4n) is 3.86. The molecule has 0 spiro atoms. The lowest BCUT2D eigenvalue weighted by Crippen LogP contribution is -2.19. The van der Waals surface area contributed by atoms with Crippen molar-refractivity contribution >= 4 is 34.2 Å². The van der Waals surface area contributed by atoms with Gasteiger partial charge in [-0.1, -0.05) is 17.7 Å². The van der Waals surface area contributed by atoms with Crippen molar-refractivity contribution < 1.29 is 24.1 Å². The average Bonchev–Trinajstić information content (AvgIpc) is 2.85. The molecule has 10 heteroatoms. The van der Waals surface area contributed by atoms with E-state index in [1.165, 1.54) is 18.2 Å². The summed E-state index contributed by atoms with van der Waals surface area (Å²) in [4.78, 5) is 24.0. The summed E-state index contributed by atoms with van der Waals surface area (Å²) in [6.07, 6.45) is 3.27. The second-order valence-electron chi connectivity index (χ2n) is 9.20. The first-order valence-electron chi connectivity index (χ1n) is 11.5. The van der Waals surface area contributed by atoms with Crippen molar-refractivity contribution in [3.8, 4) is 16.9 Å². The fourth-order valence-corrected chi connectivity index (χ4v) is 4.06. The molecule has 8 nitrogen and oxygen atoms in total. The third-order valence-electron chi connectivity index (χ3n) is 5.78. The molecule has 0 fully saturated rings. The van der Waals surface area contributed by atoms with Crippen molar-refractivity contribution in [2.45, 2.75) is 39.3 Å². The summed E-state index contributed by atoms with van der Waals surface area (Å²) in [5.41, 5.74) is 2.54. The quantitative estimate of drug-likeness (QED) is 0.270. The van der Waals surface area contributed by atoms with Gasteiger partial charge in [-0.2, -0.15) is 0 Å². The second-order valence-corrected chi connectivity index (χ2v) is 9.58. The number of carboxylic acids is 1. The van der Waals surface area contributed by atoms with Gasteiger partial charge in [-0.15, -0.1) is 0 Å². The number of aryl methyl sites for hydroxylation is 1. The monoisotopic (exact) mass is 524 g/mol. The van der Waals surface area contributed by atoms with E-state index in [4.69, 9.17) is 21.4 Å². The van der Waals surface area contributed by atoms with Crippen LogP contribution in [0.5, 0.6) is 5.75 Å². The molecule has 0 aliphatic heterocycles. The molecule has 1 unspecified atom stereocenters. The lowest BCUT2D eigenvalue weighted by atomic mass is 10.0. The number of aliphatic hydroxyl groups is 1. The number of nitrogens with one attached hydrogen (secondary N) is 1. The molecule has 4 aromatic rings. The lowest BCUT2D eigenvalue weighted by Gasteiger charge is -2.21. The van der Waals surface area contributed by atoms with E-state index in [9.17, 15) is 14.3 Å². The third-order valence-corrected chi connectivity index (χ3v) is 6.24. The maximum absolute atomic E-state index is 14.7. The molecule has 0 bridgehead atoms. The maximum atomic E-state index is 14.7. The van der Waals surface area contributed by atoms with Crippen LogP contribution in [0.3, 0.4) is 0 Å². The van der Waals surface area contributed by atoms with Gasteiger partial charge in [-0.25, -0.2) is 19.2 Å². The van der Waals surface area contributed by atoms with E-state index in [2.05, 4.69) is 20.3 Å². The number of nitrogens with zero attached hydrogens (tertiary/aromatic N) is 3. The highest BCUT2D eigenvalue weighted by Crippen LogP contribution is 2.37. The number of carbonyl (C=O) groups is 1. The maximum Gasteiger partial charge on any atom is 0.341 e. The number of aliphatic carboxylic acids is 1. The Labute approximate surface area is 218 Å². The number of carboxylic acid groups (broad SMARTS) is 1. The third kappa shape index (κ3) is 5.79. The van der Waals surface area contributed by atoms with Crippen LogP contribution < -0.4 is 10.1 Å². The van der Waals surface area contributed by atoms with Crippen molar-refractivity contribution in [3.05, 3.63) is 76.7 Å². The molecule has 0 radical (unpaired) electrons. The molecular formula is C27H26ClFN4O4. The topological polar surface area (TPSA) is 117 Å². The molecule has 0 saturated heterocycles.